The fourth-order valence-electron chi connectivity index (χ4n) is 1.87. The lowest BCUT2D eigenvalue weighted by Gasteiger charge is -2.12. The molecule has 0 saturated carbocycles. The van der Waals surface area contributed by atoms with Crippen LogP contribution in [0.2, 0.25) is 5.02 Å². The third-order valence-electron chi connectivity index (χ3n) is 2.95. The predicted molar refractivity (Wildman–Crippen MR) is 81.8 cm³/mol. The van der Waals surface area contributed by atoms with E-state index in [4.69, 9.17) is 16.3 Å². The van der Waals surface area contributed by atoms with E-state index < -0.39 is 0 Å². The number of halogens is 1. The van der Waals surface area contributed by atoms with Gasteiger partial charge < -0.3 is 10.1 Å². The topological polar surface area (TPSA) is 38.3 Å². The number of carbonyl (C=O) groups is 1. The number of benzene rings is 2. The van der Waals surface area contributed by atoms with Gasteiger partial charge in [-0.25, -0.2) is 0 Å². The lowest BCUT2D eigenvalue weighted by Crippen LogP contribution is -2.14. The summed E-state index contributed by atoms with van der Waals surface area (Å²) in [6.07, 6.45) is 0. The van der Waals surface area contributed by atoms with Crippen molar-refractivity contribution in [2.45, 2.75) is 13.8 Å². The van der Waals surface area contributed by atoms with Gasteiger partial charge in [0.05, 0.1) is 12.2 Å². The average molecular weight is 290 g/mol. The van der Waals surface area contributed by atoms with E-state index in [-0.39, 0.29) is 5.91 Å². The fourth-order valence-corrected chi connectivity index (χ4v) is 2.04. The molecule has 1 N–H and O–H groups in total. The Hall–Kier alpha value is -2.00. The molecule has 3 nitrogen and oxygen atoms in total. The standard InChI is InChI=1S/C16H16ClNO2/c1-3-20-15-10-5-4-7-12(15)16(19)18-14-9-6-8-13(17)11(14)2/h4-10H,3H2,1-2H3,(H,18,19). The lowest BCUT2D eigenvalue weighted by molar-refractivity contribution is 0.102. The quantitative estimate of drug-likeness (QED) is 0.911. The first-order chi connectivity index (χ1) is 9.63. The minimum absolute atomic E-state index is 0.209. The van der Waals surface area contributed by atoms with E-state index in [9.17, 15) is 4.79 Å². The summed E-state index contributed by atoms with van der Waals surface area (Å²) in [7, 11) is 0. The van der Waals surface area contributed by atoms with Crippen molar-refractivity contribution >= 4 is 23.2 Å². The van der Waals surface area contributed by atoms with E-state index in [2.05, 4.69) is 5.32 Å². The van der Waals surface area contributed by atoms with Crippen molar-refractivity contribution in [3.8, 4) is 5.75 Å². The van der Waals surface area contributed by atoms with E-state index in [1.54, 1.807) is 24.3 Å². The number of rotatable bonds is 4. The van der Waals surface area contributed by atoms with Crippen molar-refractivity contribution in [1.29, 1.82) is 0 Å². The molecule has 4 heteroatoms. The highest BCUT2D eigenvalue weighted by Crippen LogP contribution is 2.25. The summed E-state index contributed by atoms with van der Waals surface area (Å²) in [6.45, 7) is 4.27. The summed E-state index contributed by atoms with van der Waals surface area (Å²) in [5, 5.41) is 3.49. The Morgan fingerprint density at radius 3 is 2.70 bits per heavy atom. The van der Waals surface area contributed by atoms with Crippen LogP contribution in [0.15, 0.2) is 42.5 Å². The van der Waals surface area contributed by atoms with Gasteiger partial charge in [-0.1, -0.05) is 29.8 Å². The molecule has 104 valence electrons. The molecule has 20 heavy (non-hydrogen) atoms. The molecule has 0 fully saturated rings. The van der Waals surface area contributed by atoms with Gasteiger partial charge in [-0.15, -0.1) is 0 Å². The monoisotopic (exact) mass is 289 g/mol. The average Bonchev–Trinajstić information content (AvgIpc) is 2.45. The third-order valence-corrected chi connectivity index (χ3v) is 3.36. The van der Waals surface area contributed by atoms with Gasteiger partial charge in [0.25, 0.3) is 5.91 Å². The molecule has 0 bridgehead atoms. The van der Waals surface area contributed by atoms with Gasteiger partial charge in [-0.05, 0) is 43.7 Å². The van der Waals surface area contributed by atoms with E-state index >= 15 is 0 Å². The van der Waals surface area contributed by atoms with Crippen molar-refractivity contribution < 1.29 is 9.53 Å². The zero-order valence-electron chi connectivity index (χ0n) is 11.4. The van der Waals surface area contributed by atoms with Gasteiger partial charge in [-0.3, -0.25) is 4.79 Å². The minimum atomic E-state index is -0.209. The Kier molecular flexibility index (Phi) is 4.64. The molecule has 0 saturated heterocycles. The first-order valence-corrected chi connectivity index (χ1v) is 6.79. The van der Waals surface area contributed by atoms with Gasteiger partial charge in [0, 0.05) is 10.7 Å². The summed E-state index contributed by atoms with van der Waals surface area (Å²) in [6, 6.07) is 12.6. The Morgan fingerprint density at radius 1 is 1.20 bits per heavy atom. The van der Waals surface area contributed by atoms with Gasteiger partial charge >= 0.3 is 0 Å². The van der Waals surface area contributed by atoms with E-state index in [1.807, 2.05) is 32.0 Å². The van der Waals surface area contributed by atoms with Crippen molar-refractivity contribution in [2.75, 3.05) is 11.9 Å². The molecule has 0 aliphatic rings. The fraction of sp³-hybridized carbons (Fsp3) is 0.188. The smallest absolute Gasteiger partial charge is 0.259 e. The highest BCUT2D eigenvalue weighted by Gasteiger charge is 2.13. The van der Waals surface area contributed by atoms with Gasteiger partial charge in [0.2, 0.25) is 0 Å². The number of nitrogens with one attached hydrogen (secondary N) is 1. The summed E-state index contributed by atoms with van der Waals surface area (Å²) in [5.74, 6) is 0.367. The van der Waals surface area contributed by atoms with Crippen LogP contribution in [-0.4, -0.2) is 12.5 Å². The Morgan fingerprint density at radius 2 is 1.95 bits per heavy atom. The van der Waals surface area contributed by atoms with Gasteiger partial charge in [0.15, 0.2) is 0 Å². The summed E-state index contributed by atoms with van der Waals surface area (Å²) < 4.78 is 5.46. The second-order valence-corrected chi connectivity index (χ2v) is 4.70. The third kappa shape index (κ3) is 3.11. The van der Waals surface area contributed by atoms with Crippen LogP contribution in [-0.2, 0) is 0 Å². The largest absolute Gasteiger partial charge is 0.493 e. The molecule has 0 aliphatic heterocycles. The highest BCUT2D eigenvalue weighted by molar-refractivity contribution is 6.31. The number of hydrogen-bond donors (Lipinski definition) is 1. The highest BCUT2D eigenvalue weighted by atomic mass is 35.5. The van der Waals surface area contributed by atoms with E-state index in [0.29, 0.717) is 28.6 Å². The van der Waals surface area contributed by atoms with Crippen LogP contribution < -0.4 is 10.1 Å². The maximum absolute atomic E-state index is 12.3. The molecule has 2 aromatic carbocycles. The molecule has 0 heterocycles. The molecule has 2 aromatic rings. The molecular formula is C16H16ClNO2. The molecule has 0 atom stereocenters. The summed E-state index contributed by atoms with van der Waals surface area (Å²) in [4.78, 5) is 12.3. The van der Waals surface area contributed by atoms with Crippen LogP contribution in [0, 0.1) is 6.92 Å². The number of para-hydroxylation sites is 1. The van der Waals surface area contributed by atoms with Crippen LogP contribution in [0.3, 0.4) is 0 Å². The molecule has 0 radical (unpaired) electrons. The molecule has 0 aliphatic carbocycles. The maximum Gasteiger partial charge on any atom is 0.259 e. The van der Waals surface area contributed by atoms with Crippen LogP contribution in [0.25, 0.3) is 0 Å². The van der Waals surface area contributed by atoms with Crippen molar-refractivity contribution in [2.24, 2.45) is 0 Å². The number of carbonyl (C=O) groups excluding carboxylic acids is 1. The van der Waals surface area contributed by atoms with Crippen molar-refractivity contribution in [3.05, 3.63) is 58.6 Å². The zero-order valence-corrected chi connectivity index (χ0v) is 12.2. The number of anilines is 1. The zero-order chi connectivity index (χ0) is 14.5. The van der Waals surface area contributed by atoms with Crippen LogP contribution >= 0.6 is 11.6 Å². The van der Waals surface area contributed by atoms with Crippen LogP contribution in [0.5, 0.6) is 5.75 Å². The molecular weight excluding hydrogens is 274 g/mol. The molecule has 0 unspecified atom stereocenters. The maximum atomic E-state index is 12.3. The number of ether oxygens (including phenoxy) is 1. The summed E-state index contributed by atoms with van der Waals surface area (Å²) in [5.41, 5.74) is 2.05. The van der Waals surface area contributed by atoms with Crippen LogP contribution in [0.1, 0.15) is 22.8 Å². The normalized spacial score (nSPS) is 10.2. The van der Waals surface area contributed by atoms with Crippen LogP contribution in [0.4, 0.5) is 5.69 Å². The summed E-state index contributed by atoms with van der Waals surface area (Å²) >= 11 is 6.05. The second kappa shape index (κ2) is 6.44. The molecule has 0 spiro atoms. The minimum Gasteiger partial charge on any atom is -0.493 e. The molecule has 2 rings (SSSR count). The first kappa shape index (κ1) is 14.4. The molecule has 0 aromatic heterocycles. The number of hydrogen-bond acceptors (Lipinski definition) is 2. The Bertz CT molecular complexity index is 626. The second-order valence-electron chi connectivity index (χ2n) is 4.30. The van der Waals surface area contributed by atoms with E-state index in [0.717, 1.165) is 5.56 Å². The lowest BCUT2D eigenvalue weighted by atomic mass is 10.1. The SMILES string of the molecule is CCOc1ccccc1C(=O)Nc1cccc(Cl)c1C. The number of amides is 1. The Balaban J connectivity index is 2.26. The molecule has 1 amide bonds. The van der Waals surface area contributed by atoms with Gasteiger partial charge in [0.1, 0.15) is 5.75 Å². The van der Waals surface area contributed by atoms with E-state index in [1.165, 1.54) is 0 Å². The van der Waals surface area contributed by atoms with Gasteiger partial charge in [-0.2, -0.15) is 0 Å². The Labute approximate surface area is 123 Å². The van der Waals surface area contributed by atoms with Crippen molar-refractivity contribution in [3.63, 3.8) is 0 Å². The van der Waals surface area contributed by atoms with Crippen molar-refractivity contribution in [1.82, 2.24) is 0 Å². The first-order valence-electron chi connectivity index (χ1n) is 6.41. The predicted octanol–water partition coefficient (Wildman–Crippen LogP) is 4.30.